The van der Waals surface area contributed by atoms with Gasteiger partial charge in [0.2, 0.25) is 0 Å². The number of nitrogens with zero attached hydrogens (tertiary/aromatic N) is 1. The molecule has 0 aromatic carbocycles. The molecule has 1 aliphatic rings. The van der Waals surface area contributed by atoms with Gasteiger partial charge in [-0.25, -0.2) is 4.98 Å². The molecule has 1 saturated carbocycles. The van der Waals surface area contributed by atoms with E-state index < -0.39 is 0 Å². The molecule has 1 aromatic heterocycles. The summed E-state index contributed by atoms with van der Waals surface area (Å²) < 4.78 is 0. The van der Waals surface area contributed by atoms with Crippen molar-refractivity contribution in [2.24, 2.45) is 0 Å². The van der Waals surface area contributed by atoms with E-state index in [9.17, 15) is 0 Å². The van der Waals surface area contributed by atoms with Gasteiger partial charge in [-0.1, -0.05) is 13.8 Å². The second-order valence-electron chi connectivity index (χ2n) is 6.39. The fraction of sp³-hybridized carbons (Fsp3) is 0.786. The fourth-order valence-corrected chi connectivity index (χ4v) is 3.14. The second-order valence-corrected chi connectivity index (χ2v) is 7.51. The minimum Gasteiger partial charge on any atom is -0.307 e. The van der Waals surface area contributed by atoms with Gasteiger partial charge in [0.1, 0.15) is 0 Å². The second kappa shape index (κ2) is 4.69. The molecule has 1 aliphatic carbocycles. The Bertz CT molecular complexity index is 383. The smallest absolute Gasteiger partial charge is 0.0962 e. The van der Waals surface area contributed by atoms with Gasteiger partial charge in [-0.2, -0.15) is 0 Å². The van der Waals surface area contributed by atoms with E-state index in [1.807, 2.05) is 11.3 Å². The lowest BCUT2D eigenvalue weighted by Gasteiger charge is -2.20. The van der Waals surface area contributed by atoms with Gasteiger partial charge in [0, 0.05) is 22.9 Å². The van der Waals surface area contributed by atoms with E-state index in [1.165, 1.54) is 28.4 Å². The molecule has 96 valence electrons. The van der Waals surface area contributed by atoms with Gasteiger partial charge >= 0.3 is 0 Å². The number of nitrogens with one attached hydrogen (secondary N) is 1. The van der Waals surface area contributed by atoms with E-state index in [0.29, 0.717) is 5.92 Å². The third-order valence-corrected chi connectivity index (χ3v) is 4.23. The van der Waals surface area contributed by atoms with Gasteiger partial charge in [-0.3, -0.25) is 0 Å². The maximum Gasteiger partial charge on any atom is 0.0962 e. The Kier molecular flexibility index (Phi) is 3.60. The van der Waals surface area contributed by atoms with Crippen LogP contribution in [0.5, 0.6) is 0 Å². The molecule has 2 rings (SSSR count). The highest BCUT2D eigenvalue weighted by Gasteiger charge is 2.28. The lowest BCUT2D eigenvalue weighted by atomic mass is 10.1. The molecular weight excluding hydrogens is 228 g/mol. The quantitative estimate of drug-likeness (QED) is 0.875. The summed E-state index contributed by atoms with van der Waals surface area (Å²) in [6, 6.07) is 0. The van der Waals surface area contributed by atoms with Gasteiger partial charge < -0.3 is 5.32 Å². The third-order valence-electron chi connectivity index (χ3n) is 3.00. The first-order valence-electron chi connectivity index (χ1n) is 6.61. The SMILES string of the molecule is CC(C)c1nc(C2CC2)sc1CNC(C)(C)C. The summed E-state index contributed by atoms with van der Waals surface area (Å²) in [5.74, 6) is 1.32. The molecule has 17 heavy (non-hydrogen) atoms. The molecule has 0 bridgehead atoms. The van der Waals surface area contributed by atoms with Crippen molar-refractivity contribution in [2.45, 2.75) is 71.4 Å². The predicted molar refractivity (Wildman–Crippen MR) is 74.8 cm³/mol. The molecule has 0 radical (unpaired) electrons. The molecule has 0 unspecified atom stereocenters. The zero-order valence-electron chi connectivity index (χ0n) is 11.6. The van der Waals surface area contributed by atoms with Crippen molar-refractivity contribution in [1.82, 2.24) is 10.3 Å². The Balaban J connectivity index is 2.13. The lowest BCUT2D eigenvalue weighted by Crippen LogP contribution is -2.35. The molecule has 0 amide bonds. The summed E-state index contributed by atoms with van der Waals surface area (Å²) in [4.78, 5) is 6.29. The Morgan fingerprint density at radius 1 is 1.35 bits per heavy atom. The highest BCUT2D eigenvalue weighted by molar-refractivity contribution is 7.11. The number of hydrogen-bond donors (Lipinski definition) is 1. The van der Waals surface area contributed by atoms with Gasteiger partial charge in [0.05, 0.1) is 10.7 Å². The Hall–Kier alpha value is -0.410. The van der Waals surface area contributed by atoms with Crippen molar-refractivity contribution in [3.05, 3.63) is 15.6 Å². The highest BCUT2D eigenvalue weighted by atomic mass is 32.1. The van der Waals surface area contributed by atoms with Crippen LogP contribution in [0.4, 0.5) is 0 Å². The first kappa shape index (κ1) is 13.0. The van der Waals surface area contributed by atoms with Crippen LogP contribution in [0.1, 0.15) is 74.9 Å². The summed E-state index contributed by atoms with van der Waals surface area (Å²) in [6.45, 7) is 12.1. The molecule has 2 nitrogen and oxygen atoms in total. The Morgan fingerprint density at radius 3 is 2.47 bits per heavy atom. The number of rotatable bonds is 4. The van der Waals surface area contributed by atoms with Crippen LogP contribution >= 0.6 is 11.3 Å². The summed E-state index contributed by atoms with van der Waals surface area (Å²) in [5, 5.41) is 4.95. The topological polar surface area (TPSA) is 24.9 Å². The normalized spacial score (nSPS) is 16.8. The monoisotopic (exact) mass is 252 g/mol. The Labute approximate surface area is 109 Å². The van der Waals surface area contributed by atoms with E-state index in [0.717, 1.165) is 12.5 Å². The molecule has 1 N–H and O–H groups in total. The van der Waals surface area contributed by atoms with Gasteiger partial charge in [-0.05, 0) is 39.5 Å². The predicted octanol–water partition coefficient (Wildman–Crippen LogP) is 4.03. The number of aromatic nitrogens is 1. The average Bonchev–Trinajstić information content (AvgIpc) is 2.94. The molecule has 3 heteroatoms. The largest absolute Gasteiger partial charge is 0.307 e. The summed E-state index contributed by atoms with van der Waals surface area (Å²) in [7, 11) is 0. The van der Waals surface area contributed by atoms with Crippen LogP contribution in [0.15, 0.2) is 0 Å². The molecule has 0 spiro atoms. The van der Waals surface area contributed by atoms with Crippen LogP contribution in [0.2, 0.25) is 0 Å². The summed E-state index contributed by atoms with van der Waals surface area (Å²) >= 11 is 1.93. The molecular formula is C14H24N2S. The van der Waals surface area contributed by atoms with E-state index in [2.05, 4.69) is 39.9 Å². The number of thiazole rings is 1. The van der Waals surface area contributed by atoms with Gasteiger partial charge in [0.25, 0.3) is 0 Å². The summed E-state index contributed by atoms with van der Waals surface area (Å²) in [6.07, 6.45) is 2.69. The lowest BCUT2D eigenvalue weighted by molar-refractivity contribution is 0.425. The number of hydrogen-bond acceptors (Lipinski definition) is 3. The van der Waals surface area contributed by atoms with E-state index in [4.69, 9.17) is 4.98 Å². The van der Waals surface area contributed by atoms with Gasteiger partial charge in [0.15, 0.2) is 0 Å². The first-order chi connectivity index (χ1) is 7.87. The average molecular weight is 252 g/mol. The highest BCUT2D eigenvalue weighted by Crippen LogP contribution is 2.43. The van der Waals surface area contributed by atoms with Crippen molar-refractivity contribution in [2.75, 3.05) is 0 Å². The van der Waals surface area contributed by atoms with Gasteiger partial charge in [-0.15, -0.1) is 11.3 Å². The van der Waals surface area contributed by atoms with Crippen LogP contribution < -0.4 is 5.32 Å². The Morgan fingerprint density at radius 2 is 2.00 bits per heavy atom. The molecule has 1 heterocycles. The zero-order chi connectivity index (χ0) is 12.6. The standard InChI is InChI=1S/C14H24N2S/c1-9(2)12-11(8-15-14(3,4)5)17-13(16-12)10-6-7-10/h9-10,15H,6-8H2,1-5H3. The van der Waals surface area contributed by atoms with Crippen molar-refractivity contribution in [3.63, 3.8) is 0 Å². The van der Waals surface area contributed by atoms with Crippen molar-refractivity contribution in [1.29, 1.82) is 0 Å². The maximum absolute atomic E-state index is 4.85. The minimum absolute atomic E-state index is 0.179. The summed E-state index contributed by atoms with van der Waals surface area (Å²) in [5.41, 5.74) is 1.49. The van der Waals surface area contributed by atoms with Crippen molar-refractivity contribution >= 4 is 11.3 Å². The molecule has 1 aromatic rings. The fourth-order valence-electron chi connectivity index (χ4n) is 1.81. The van der Waals surface area contributed by atoms with Crippen LogP contribution in [0.25, 0.3) is 0 Å². The van der Waals surface area contributed by atoms with Crippen molar-refractivity contribution in [3.8, 4) is 0 Å². The molecule has 0 aliphatic heterocycles. The maximum atomic E-state index is 4.85. The third kappa shape index (κ3) is 3.52. The molecule has 0 atom stereocenters. The van der Waals surface area contributed by atoms with Crippen LogP contribution in [-0.2, 0) is 6.54 Å². The molecule has 0 saturated heterocycles. The van der Waals surface area contributed by atoms with Crippen molar-refractivity contribution < 1.29 is 0 Å². The minimum atomic E-state index is 0.179. The van der Waals surface area contributed by atoms with Crippen LogP contribution in [0, 0.1) is 0 Å². The van der Waals surface area contributed by atoms with Crippen LogP contribution in [-0.4, -0.2) is 10.5 Å². The van der Waals surface area contributed by atoms with E-state index in [-0.39, 0.29) is 5.54 Å². The van der Waals surface area contributed by atoms with E-state index >= 15 is 0 Å². The van der Waals surface area contributed by atoms with E-state index in [1.54, 1.807) is 0 Å². The first-order valence-corrected chi connectivity index (χ1v) is 7.43. The molecule has 1 fully saturated rings. The zero-order valence-corrected chi connectivity index (χ0v) is 12.4. The van der Waals surface area contributed by atoms with Crippen LogP contribution in [0.3, 0.4) is 0 Å².